The van der Waals surface area contributed by atoms with Crippen molar-refractivity contribution in [2.24, 2.45) is 5.41 Å². The molecule has 202 valence electrons. The molecule has 1 saturated carbocycles. The van der Waals surface area contributed by atoms with Crippen molar-refractivity contribution in [2.75, 3.05) is 12.0 Å². The van der Waals surface area contributed by atoms with Crippen LogP contribution in [0.1, 0.15) is 55.4 Å². The lowest BCUT2D eigenvalue weighted by atomic mass is 9.66. The standard InChI is InChI=1S/C28H27BrF2N6OS/c1-27(2)17-10-12-28(27,25-16(17)14-21(34-35-25)24-19(30)6-5-7-20(24)31)26-18(29)8-9-23(33-26)37-15-32-22(36-37)11-13-39(3,4)38/h5-9,14-15,17H,3,10-13H2,1-2,4H3/t17-,28+,39?/m0/s1. The normalized spacial score (nSPS) is 22.6. The van der Waals surface area contributed by atoms with Crippen LogP contribution in [0.5, 0.6) is 0 Å². The Morgan fingerprint density at radius 1 is 1.15 bits per heavy atom. The summed E-state index contributed by atoms with van der Waals surface area (Å²) in [5.41, 5.74) is 1.75. The van der Waals surface area contributed by atoms with Crippen molar-refractivity contribution < 1.29 is 13.0 Å². The Labute approximate surface area is 234 Å². The summed E-state index contributed by atoms with van der Waals surface area (Å²) in [5.74, 6) is 4.07. The first kappa shape index (κ1) is 26.2. The van der Waals surface area contributed by atoms with Crippen LogP contribution in [0.2, 0.25) is 0 Å². The minimum atomic E-state index is -2.14. The second kappa shape index (κ2) is 8.99. The van der Waals surface area contributed by atoms with E-state index in [4.69, 9.17) is 4.98 Å². The first-order valence-electron chi connectivity index (χ1n) is 12.6. The predicted octanol–water partition coefficient (Wildman–Crippen LogP) is 5.25. The highest BCUT2D eigenvalue weighted by molar-refractivity contribution is 9.10. The van der Waals surface area contributed by atoms with Crippen molar-refractivity contribution in [1.29, 1.82) is 0 Å². The van der Waals surface area contributed by atoms with Crippen LogP contribution in [0, 0.1) is 17.0 Å². The molecule has 39 heavy (non-hydrogen) atoms. The zero-order chi connectivity index (χ0) is 27.7. The van der Waals surface area contributed by atoms with Gasteiger partial charge in [0.2, 0.25) is 0 Å². The van der Waals surface area contributed by atoms with Crippen LogP contribution < -0.4 is 0 Å². The summed E-state index contributed by atoms with van der Waals surface area (Å²) in [6.07, 6.45) is 5.39. The van der Waals surface area contributed by atoms with E-state index in [2.05, 4.69) is 55.9 Å². The van der Waals surface area contributed by atoms with Gasteiger partial charge in [0.25, 0.3) is 0 Å². The van der Waals surface area contributed by atoms with Crippen LogP contribution in [0.3, 0.4) is 0 Å². The number of fused-ring (bicyclic) bond motifs is 5. The minimum Gasteiger partial charge on any atom is -0.268 e. The van der Waals surface area contributed by atoms with E-state index in [-0.39, 0.29) is 22.6 Å². The van der Waals surface area contributed by atoms with Crippen molar-refractivity contribution in [2.45, 2.75) is 44.4 Å². The molecule has 7 nitrogen and oxygen atoms in total. The van der Waals surface area contributed by atoms with Gasteiger partial charge in [-0.2, -0.15) is 5.10 Å². The average molecular weight is 614 g/mol. The molecular weight excluding hydrogens is 586 g/mol. The first-order valence-corrected chi connectivity index (χ1v) is 15.7. The van der Waals surface area contributed by atoms with Gasteiger partial charge >= 0.3 is 0 Å². The maximum absolute atomic E-state index is 14.6. The molecule has 1 fully saturated rings. The number of pyridine rings is 1. The monoisotopic (exact) mass is 612 g/mol. The summed E-state index contributed by atoms with van der Waals surface area (Å²) in [6, 6.07) is 9.40. The third-order valence-corrected chi connectivity index (χ3v) is 10.1. The van der Waals surface area contributed by atoms with Crippen molar-refractivity contribution >= 4 is 31.3 Å². The number of aryl methyl sites for hydroxylation is 1. The Kier molecular flexibility index (Phi) is 6.03. The fraction of sp³-hybridized carbons (Fsp3) is 0.357. The van der Waals surface area contributed by atoms with Gasteiger partial charge in [-0.25, -0.2) is 23.4 Å². The summed E-state index contributed by atoms with van der Waals surface area (Å²) in [4.78, 5) is 9.45. The number of halogens is 3. The maximum Gasteiger partial charge on any atom is 0.155 e. The molecule has 2 bridgehead atoms. The van der Waals surface area contributed by atoms with Crippen molar-refractivity contribution in [3.63, 3.8) is 0 Å². The first-order chi connectivity index (χ1) is 18.4. The second-order valence-corrected chi connectivity index (χ2v) is 14.7. The van der Waals surface area contributed by atoms with Crippen LogP contribution in [0.4, 0.5) is 8.78 Å². The van der Waals surface area contributed by atoms with E-state index >= 15 is 0 Å². The van der Waals surface area contributed by atoms with Gasteiger partial charge in [0, 0.05) is 22.9 Å². The summed E-state index contributed by atoms with van der Waals surface area (Å²) in [6.45, 7) is 4.40. The zero-order valence-electron chi connectivity index (χ0n) is 21.8. The van der Waals surface area contributed by atoms with Crippen LogP contribution in [0.25, 0.3) is 17.1 Å². The van der Waals surface area contributed by atoms with E-state index in [1.165, 1.54) is 18.2 Å². The van der Waals surface area contributed by atoms with Crippen molar-refractivity contribution in [3.8, 4) is 17.1 Å². The average Bonchev–Trinajstić information content (AvgIpc) is 3.50. The zero-order valence-corrected chi connectivity index (χ0v) is 24.2. The predicted molar refractivity (Wildman–Crippen MR) is 151 cm³/mol. The van der Waals surface area contributed by atoms with Gasteiger partial charge in [0.1, 0.15) is 18.0 Å². The highest BCUT2D eigenvalue weighted by Gasteiger charge is 2.65. The molecule has 1 unspecified atom stereocenters. The van der Waals surface area contributed by atoms with E-state index in [0.717, 1.165) is 34.3 Å². The lowest BCUT2D eigenvalue weighted by Crippen LogP contribution is -2.38. The lowest BCUT2D eigenvalue weighted by Gasteiger charge is -2.38. The van der Waals surface area contributed by atoms with E-state index in [1.54, 1.807) is 23.3 Å². The minimum absolute atomic E-state index is 0.124. The molecule has 0 N–H and O–H groups in total. The third-order valence-electron chi connectivity index (χ3n) is 8.37. The number of nitrogens with zero attached hydrogens (tertiary/aromatic N) is 6. The molecule has 11 heteroatoms. The van der Waals surface area contributed by atoms with Crippen molar-refractivity contribution in [1.82, 2.24) is 29.9 Å². The van der Waals surface area contributed by atoms with Gasteiger partial charge in [-0.3, -0.25) is 4.21 Å². The van der Waals surface area contributed by atoms with Gasteiger partial charge in [0.15, 0.2) is 11.6 Å². The van der Waals surface area contributed by atoms with Gasteiger partial charge < -0.3 is 0 Å². The topological polar surface area (TPSA) is 86.5 Å². The van der Waals surface area contributed by atoms with Crippen LogP contribution in [-0.4, -0.2) is 52.0 Å². The van der Waals surface area contributed by atoms with Gasteiger partial charge in [-0.05, 0) is 91.4 Å². The molecule has 0 spiro atoms. The molecule has 0 radical (unpaired) electrons. The number of hydrogen-bond acceptors (Lipinski definition) is 6. The molecule has 2 aliphatic rings. The summed E-state index contributed by atoms with van der Waals surface area (Å²) in [7, 11) is -2.14. The molecule has 2 aliphatic carbocycles. The van der Waals surface area contributed by atoms with E-state index in [9.17, 15) is 13.0 Å². The highest BCUT2D eigenvalue weighted by atomic mass is 79.9. The van der Waals surface area contributed by atoms with Gasteiger partial charge in [-0.15, -0.1) is 10.2 Å². The Hall–Kier alpha value is -3.05. The highest BCUT2D eigenvalue weighted by Crippen LogP contribution is 2.70. The SMILES string of the molecule is C=S(C)(=O)CCc1ncn(-c2ccc(Br)c([C@@]34CC[C@@H](c5cc(-c6c(F)cccc6F)nnc53)C4(C)C)n2)n1. The third kappa shape index (κ3) is 4.04. The molecule has 3 aromatic heterocycles. The number of aromatic nitrogens is 6. The molecule has 0 aliphatic heterocycles. The summed E-state index contributed by atoms with van der Waals surface area (Å²) >= 11 is 3.74. The fourth-order valence-electron chi connectivity index (χ4n) is 6.40. The Morgan fingerprint density at radius 3 is 2.62 bits per heavy atom. The van der Waals surface area contributed by atoms with E-state index in [0.29, 0.717) is 23.8 Å². The number of benzene rings is 1. The molecule has 3 atom stereocenters. The maximum atomic E-state index is 14.6. The Morgan fingerprint density at radius 2 is 1.90 bits per heavy atom. The molecule has 3 heterocycles. The molecule has 0 saturated heterocycles. The van der Waals surface area contributed by atoms with Crippen LogP contribution in [-0.2, 0) is 21.4 Å². The largest absolute Gasteiger partial charge is 0.268 e. The van der Waals surface area contributed by atoms with Gasteiger partial charge in [0.05, 0.1) is 28.1 Å². The van der Waals surface area contributed by atoms with E-state index < -0.39 is 26.6 Å². The lowest BCUT2D eigenvalue weighted by molar-refractivity contribution is 0.242. The fourth-order valence-corrected chi connectivity index (χ4v) is 7.57. The van der Waals surface area contributed by atoms with Gasteiger partial charge in [-0.1, -0.05) is 19.9 Å². The number of hydrogen-bond donors (Lipinski definition) is 0. The van der Waals surface area contributed by atoms with Crippen LogP contribution >= 0.6 is 15.9 Å². The molecule has 6 rings (SSSR count). The summed E-state index contributed by atoms with van der Waals surface area (Å²) < 4.78 is 43.6. The second-order valence-electron chi connectivity index (χ2n) is 11.1. The number of rotatable bonds is 6. The summed E-state index contributed by atoms with van der Waals surface area (Å²) in [5, 5.41) is 13.5. The Bertz CT molecular complexity index is 1720. The van der Waals surface area contributed by atoms with E-state index in [1.807, 2.05) is 12.1 Å². The molecule has 4 aromatic rings. The van der Waals surface area contributed by atoms with Crippen molar-refractivity contribution in [3.05, 3.63) is 81.6 Å². The molecule has 0 amide bonds. The Balaban J connectivity index is 1.45. The van der Waals surface area contributed by atoms with Crippen LogP contribution in [0.15, 0.2) is 47.2 Å². The molecular formula is C28H27BrF2N6OS. The molecule has 1 aromatic carbocycles. The quantitative estimate of drug-likeness (QED) is 0.276. The smallest absolute Gasteiger partial charge is 0.155 e.